The molecule has 0 saturated heterocycles. The number of rotatable bonds is 3. The molecule has 0 spiro atoms. The molecule has 2 aromatic rings. The molecule has 0 bridgehead atoms. The van der Waals surface area contributed by atoms with Crippen molar-refractivity contribution in [3.05, 3.63) is 71.3 Å². The van der Waals surface area contributed by atoms with Gasteiger partial charge in [-0.1, -0.05) is 58.4 Å². The van der Waals surface area contributed by atoms with Gasteiger partial charge in [0.1, 0.15) is 0 Å². The highest BCUT2D eigenvalue weighted by Crippen LogP contribution is 2.37. The first kappa shape index (κ1) is 15.1. The van der Waals surface area contributed by atoms with Gasteiger partial charge in [0.15, 0.2) is 0 Å². The van der Waals surface area contributed by atoms with Crippen LogP contribution in [0.25, 0.3) is 0 Å². The molecule has 0 aliphatic carbocycles. The van der Waals surface area contributed by atoms with Crippen molar-refractivity contribution in [1.82, 2.24) is 0 Å². The van der Waals surface area contributed by atoms with E-state index in [4.69, 9.17) is 0 Å². The molecule has 0 radical (unpaired) electrons. The van der Waals surface area contributed by atoms with Crippen molar-refractivity contribution >= 4 is 15.9 Å². The van der Waals surface area contributed by atoms with Crippen LogP contribution in [0.3, 0.4) is 0 Å². The number of aliphatic hydroxyl groups excluding tert-OH is 1. The molecule has 0 aliphatic rings. The number of alkyl halides is 4. The Kier molecular flexibility index (Phi) is 4.50. The SMILES string of the molecule is O[C@H](c1ccc(C(F)(F)F)cc1)[C@@H](Br)c1ccccc1. The molecule has 0 heterocycles. The summed E-state index contributed by atoms with van der Waals surface area (Å²) in [5.41, 5.74) is 0.572. The van der Waals surface area contributed by atoms with E-state index in [2.05, 4.69) is 15.9 Å². The van der Waals surface area contributed by atoms with E-state index >= 15 is 0 Å². The number of aliphatic hydroxyl groups is 1. The first-order valence-electron chi connectivity index (χ1n) is 5.94. The van der Waals surface area contributed by atoms with E-state index in [1.165, 1.54) is 12.1 Å². The third kappa shape index (κ3) is 3.41. The van der Waals surface area contributed by atoms with Gasteiger partial charge < -0.3 is 5.11 Å². The first-order valence-corrected chi connectivity index (χ1v) is 6.85. The molecule has 106 valence electrons. The van der Waals surface area contributed by atoms with Crippen LogP contribution in [-0.4, -0.2) is 5.11 Å². The van der Waals surface area contributed by atoms with E-state index < -0.39 is 17.8 Å². The predicted molar refractivity (Wildman–Crippen MR) is 74.5 cm³/mol. The van der Waals surface area contributed by atoms with E-state index in [1.807, 2.05) is 30.3 Å². The van der Waals surface area contributed by atoms with E-state index in [1.54, 1.807) is 0 Å². The van der Waals surface area contributed by atoms with Crippen molar-refractivity contribution in [3.63, 3.8) is 0 Å². The normalized spacial score (nSPS) is 14.8. The molecule has 20 heavy (non-hydrogen) atoms. The Bertz CT molecular complexity index is 552. The Balaban J connectivity index is 2.19. The average molecular weight is 345 g/mol. The zero-order valence-electron chi connectivity index (χ0n) is 10.3. The van der Waals surface area contributed by atoms with E-state index in [9.17, 15) is 18.3 Å². The maximum Gasteiger partial charge on any atom is 0.416 e. The summed E-state index contributed by atoms with van der Waals surface area (Å²) in [7, 11) is 0. The van der Waals surface area contributed by atoms with Crippen LogP contribution in [0.1, 0.15) is 27.6 Å². The fourth-order valence-electron chi connectivity index (χ4n) is 1.86. The molecule has 1 nitrogen and oxygen atoms in total. The molecule has 1 N–H and O–H groups in total. The Hall–Kier alpha value is -1.33. The molecule has 0 fully saturated rings. The van der Waals surface area contributed by atoms with E-state index in [0.29, 0.717) is 5.56 Å². The summed E-state index contributed by atoms with van der Waals surface area (Å²) in [6.45, 7) is 0. The molecule has 2 rings (SSSR count). The van der Waals surface area contributed by atoms with E-state index in [0.717, 1.165) is 17.7 Å². The summed E-state index contributed by atoms with van der Waals surface area (Å²) < 4.78 is 37.4. The van der Waals surface area contributed by atoms with Crippen LogP contribution in [0.2, 0.25) is 0 Å². The van der Waals surface area contributed by atoms with Crippen molar-refractivity contribution < 1.29 is 18.3 Å². The van der Waals surface area contributed by atoms with Gasteiger partial charge in [-0.15, -0.1) is 0 Å². The number of benzene rings is 2. The molecule has 2 atom stereocenters. The molecule has 5 heteroatoms. The highest BCUT2D eigenvalue weighted by molar-refractivity contribution is 9.09. The lowest BCUT2D eigenvalue weighted by molar-refractivity contribution is -0.137. The lowest BCUT2D eigenvalue weighted by Gasteiger charge is -2.18. The molecule has 2 aromatic carbocycles. The summed E-state index contributed by atoms with van der Waals surface area (Å²) in [6.07, 6.45) is -5.28. The maximum absolute atomic E-state index is 12.5. The van der Waals surface area contributed by atoms with Crippen LogP contribution < -0.4 is 0 Å². The molecular formula is C15H12BrF3O. The van der Waals surface area contributed by atoms with Gasteiger partial charge in [-0.25, -0.2) is 0 Å². The third-order valence-electron chi connectivity index (χ3n) is 2.97. The van der Waals surface area contributed by atoms with Crippen LogP contribution in [0.15, 0.2) is 54.6 Å². The first-order chi connectivity index (χ1) is 9.39. The predicted octanol–water partition coefficient (Wildman–Crippen LogP) is 4.88. The number of hydrogen-bond acceptors (Lipinski definition) is 1. The quantitative estimate of drug-likeness (QED) is 0.787. The van der Waals surface area contributed by atoms with Crippen LogP contribution in [-0.2, 0) is 6.18 Å². The average Bonchev–Trinajstić information content (AvgIpc) is 2.46. The molecule has 0 aliphatic heterocycles. The Morgan fingerprint density at radius 1 is 0.850 bits per heavy atom. The van der Waals surface area contributed by atoms with Gasteiger partial charge in [-0.3, -0.25) is 0 Å². The highest BCUT2D eigenvalue weighted by Gasteiger charge is 2.30. The number of halogens is 4. The van der Waals surface area contributed by atoms with Gasteiger partial charge in [0.05, 0.1) is 16.5 Å². The topological polar surface area (TPSA) is 20.2 Å². The van der Waals surface area contributed by atoms with Gasteiger partial charge >= 0.3 is 6.18 Å². The van der Waals surface area contributed by atoms with Crippen LogP contribution >= 0.6 is 15.9 Å². The minimum atomic E-state index is -4.36. The van der Waals surface area contributed by atoms with Gasteiger partial charge in [0.25, 0.3) is 0 Å². The second kappa shape index (κ2) is 5.97. The lowest BCUT2D eigenvalue weighted by atomic mass is 10.00. The molecule has 0 aromatic heterocycles. The third-order valence-corrected chi connectivity index (χ3v) is 4.00. The summed E-state index contributed by atoms with van der Waals surface area (Å²) in [5.74, 6) is 0. The number of hydrogen-bond donors (Lipinski definition) is 1. The fourth-order valence-corrected chi connectivity index (χ4v) is 2.47. The molecular weight excluding hydrogens is 333 g/mol. The zero-order chi connectivity index (χ0) is 14.8. The standard InChI is InChI=1S/C15H12BrF3O/c16-13(10-4-2-1-3-5-10)14(20)11-6-8-12(9-7-11)15(17,18)19/h1-9,13-14,20H/t13-,14+/m0/s1. The monoisotopic (exact) mass is 344 g/mol. The minimum absolute atomic E-state index is 0.375. The fraction of sp³-hybridized carbons (Fsp3) is 0.200. The van der Waals surface area contributed by atoms with Crippen molar-refractivity contribution in [2.75, 3.05) is 0 Å². The van der Waals surface area contributed by atoms with Crippen molar-refractivity contribution in [2.45, 2.75) is 17.1 Å². The second-order valence-electron chi connectivity index (χ2n) is 4.38. The zero-order valence-corrected chi connectivity index (χ0v) is 11.9. The highest BCUT2D eigenvalue weighted by atomic mass is 79.9. The van der Waals surface area contributed by atoms with Crippen LogP contribution in [0, 0.1) is 0 Å². The summed E-state index contributed by atoms with van der Waals surface area (Å²) in [6, 6.07) is 13.8. The maximum atomic E-state index is 12.5. The van der Waals surface area contributed by atoms with Crippen molar-refractivity contribution in [1.29, 1.82) is 0 Å². The van der Waals surface area contributed by atoms with Gasteiger partial charge in [-0.05, 0) is 23.3 Å². The van der Waals surface area contributed by atoms with E-state index in [-0.39, 0.29) is 4.83 Å². The molecule has 0 saturated carbocycles. The Morgan fingerprint density at radius 2 is 1.40 bits per heavy atom. The smallest absolute Gasteiger partial charge is 0.387 e. The van der Waals surface area contributed by atoms with Gasteiger partial charge in [0.2, 0.25) is 0 Å². The van der Waals surface area contributed by atoms with Gasteiger partial charge in [0, 0.05) is 0 Å². The van der Waals surface area contributed by atoms with Crippen molar-refractivity contribution in [3.8, 4) is 0 Å². The summed E-state index contributed by atoms with van der Waals surface area (Å²) in [5, 5.41) is 10.2. The Morgan fingerprint density at radius 3 is 1.90 bits per heavy atom. The summed E-state index contributed by atoms with van der Waals surface area (Å²) in [4.78, 5) is -0.375. The second-order valence-corrected chi connectivity index (χ2v) is 5.36. The van der Waals surface area contributed by atoms with Crippen LogP contribution in [0.4, 0.5) is 13.2 Å². The van der Waals surface area contributed by atoms with Crippen LogP contribution in [0.5, 0.6) is 0 Å². The largest absolute Gasteiger partial charge is 0.416 e. The molecule has 0 unspecified atom stereocenters. The summed E-state index contributed by atoms with van der Waals surface area (Å²) >= 11 is 3.37. The lowest BCUT2D eigenvalue weighted by Crippen LogP contribution is -2.08. The van der Waals surface area contributed by atoms with Gasteiger partial charge in [-0.2, -0.15) is 13.2 Å². The molecule has 0 amide bonds. The van der Waals surface area contributed by atoms with Crippen molar-refractivity contribution in [2.24, 2.45) is 0 Å². The Labute approximate surface area is 123 Å². The minimum Gasteiger partial charge on any atom is -0.387 e.